The van der Waals surface area contributed by atoms with Gasteiger partial charge < -0.3 is 25.8 Å². The van der Waals surface area contributed by atoms with Crippen LogP contribution in [0.3, 0.4) is 0 Å². The van der Waals surface area contributed by atoms with Crippen molar-refractivity contribution < 1.29 is 26.3 Å². The molecule has 0 aliphatic heterocycles. The van der Waals surface area contributed by atoms with Crippen molar-refractivity contribution in [3.05, 3.63) is 78.1 Å². The molecule has 0 spiro atoms. The third-order valence-electron chi connectivity index (χ3n) is 6.53. The van der Waals surface area contributed by atoms with Crippen molar-refractivity contribution in [1.29, 1.82) is 0 Å². The van der Waals surface area contributed by atoms with E-state index in [1.807, 2.05) is 18.2 Å². The molecule has 1 aliphatic rings. The van der Waals surface area contributed by atoms with Gasteiger partial charge in [0.25, 0.3) is 0 Å². The average molecular weight is 542 g/mol. The Labute approximate surface area is 233 Å². The fourth-order valence-corrected chi connectivity index (χ4v) is 4.12. The molecule has 0 heterocycles. The number of carbonyl (C=O) groups excluding carboxylic acids is 2. The van der Waals surface area contributed by atoms with Crippen LogP contribution in [0.25, 0.3) is 0 Å². The molecule has 7 nitrogen and oxygen atoms in total. The molecule has 0 bridgehead atoms. The molecule has 3 aromatic rings. The van der Waals surface area contributed by atoms with Gasteiger partial charge in [0.2, 0.25) is 11.8 Å². The summed E-state index contributed by atoms with van der Waals surface area (Å²) in [7, 11) is 1.55. The summed E-state index contributed by atoms with van der Waals surface area (Å²) in [4.78, 5) is 23.1. The number of methoxy groups -OCH3 is 1. The Hall–Kier alpha value is -4.07. The minimum absolute atomic E-state index is 0. The van der Waals surface area contributed by atoms with Crippen LogP contribution >= 0.6 is 0 Å². The van der Waals surface area contributed by atoms with Crippen LogP contribution in [-0.4, -0.2) is 18.9 Å². The molecule has 2 unspecified atom stereocenters. The molecule has 1 aliphatic carbocycles. The highest BCUT2D eigenvalue weighted by Gasteiger charge is 2.20. The maximum atomic E-state index is 14.0. The highest BCUT2D eigenvalue weighted by Crippen LogP contribution is 2.35. The van der Waals surface area contributed by atoms with E-state index in [0.717, 1.165) is 11.8 Å². The van der Waals surface area contributed by atoms with Crippen molar-refractivity contribution in [2.24, 2.45) is 17.6 Å². The first kappa shape index (κ1) is 31.1. The molecule has 4 N–H and O–H groups in total. The van der Waals surface area contributed by atoms with E-state index in [1.54, 1.807) is 37.4 Å². The molecule has 2 amide bonds. The highest BCUT2D eigenvalue weighted by molar-refractivity contribution is 5.93. The lowest BCUT2D eigenvalue weighted by atomic mass is 10.0. The molecule has 1 fully saturated rings. The van der Waals surface area contributed by atoms with Gasteiger partial charge in [-0.15, -0.1) is 0 Å². The van der Waals surface area contributed by atoms with Gasteiger partial charge in [-0.2, -0.15) is 0 Å². The highest BCUT2D eigenvalue weighted by atomic mass is 19.1. The van der Waals surface area contributed by atoms with Gasteiger partial charge >= 0.3 is 0 Å². The summed E-state index contributed by atoms with van der Waals surface area (Å²) in [6.45, 7) is 7.58. The average Bonchev–Trinajstić information content (AvgIpc) is 3.27. The topological polar surface area (TPSA) is 108 Å². The lowest BCUT2D eigenvalue weighted by Crippen LogP contribution is -2.28. The molecular formula is C31H44FN3O4. The summed E-state index contributed by atoms with van der Waals surface area (Å²) >= 11 is 0. The molecule has 4 rings (SSSR count). The van der Waals surface area contributed by atoms with E-state index in [2.05, 4.69) is 19.6 Å². The SMILES string of the molecule is CC(N)=O.CC1CCCC1C.COc1ccc(N)c(CN(C(C)=O)c2cc(F)ccc2Oc2ccccc2)c1.[HH].[HH]. The zero-order valence-electron chi connectivity index (χ0n) is 23.4. The smallest absolute Gasteiger partial charge is 0.224 e. The zero-order chi connectivity index (χ0) is 28.9. The van der Waals surface area contributed by atoms with Crippen LogP contribution in [0.1, 0.15) is 55.4 Å². The quantitative estimate of drug-likeness (QED) is 0.321. The summed E-state index contributed by atoms with van der Waals surface area (Å²) in [6.07, 6.45) is 4.42. The number of amides is 2. The number of nitrogens with zero attached hydrogens (tertiary/aromatic N) is 1. The van der Waals surface area contributed by atoms with E-state index >= 15 is 0 Å². The number of nitrogens with two attached hydrogens (primary N) is 2. The Kier molecular flexibility index (Phi) is 12.3. The number of para-hydroxylation sites is 1. The van der Waals surface area contributed by atoms with E-state index in [9.17, 15) is 14.0 Å². The minimum atomic E-state index is -0.472. The van der Waals surface area contributed by atoms with E-state index in [0.29, 0.717) is 34.2 Å². The summed E-state index contributed by atoms with van der Waals surface area (Å²) in [5.41, 5.74) is 12.0. The number of halogens is 1. The predicted molar refractivity (Wildman–Crippen MR) is 158 cm³/mol. The molecule has 0 radical (unpaired) electrons. The van der Waals surface area contributed by atoms with Gasteiger partial charge in [-0.05, 0) is 59.9 Å². The van der Waals surface area contributed by atoms with Crippen molar-refractivity contribution >= 4 is 23.2 Å². The van der Waals surface area contributed by atoms with Gasteiger partial charge in [0.1, 0.15) is 17.3 Å². The first-order valence-electron chi connectivity index (χ1n) is 13.0. The third-order valence-corrected chi connectivity index (χ3v) is 6.53. The van der Waals surface area contributed by atoms with Crippen LogP contribution in [0.4, 0.5) is 15.8 Å². The second-order valence-corrected chi connectivity index (χ2v) is 9.69. The number of anilines is 2. The van der Waals surface area contributed by atoms with E-state index in [-0.39, 0.29) is 21.2 Å². The molecule has 3 aromatic carbocycles. The van der Waals surface area contributed by atoms with Gasteiger partial charge in [0, 0.05) is 28.5 Å². The lowest BCUT2D eigenvalue weighted by molar-refractivity contribution is -0.117. The number of carbonyl (C=O) groups is 2. The summed E-state index contributed by atoms with van der Waals surface area (Å²) in [5.74, 6) is 2.52. The number of rotatable bonds is 6. The first-order chi connectivity index (χ1) is 18.5. The van der Waals surface area contributed by atoms with Crippen molar-refractivity contribution in [3.8, 4) is 17.2 Å². The van der Waals surface area contributed by atoms with Crippen molar-refractivity contribution in [1.82, 2.24) is 0 Å². The number of hydrogen-bond acceptors (Lipinski definition) is 5. The Morgan fingerprint density at radius 2 is 1.59 bits per heavy atom. The standard InChI is InChI=1S/C22H21FN2O3.C7H14.C2H5NO.2H2/c1-15(26)25(14-16-12-19(27-2)9-10-20(16)24)21-13-17(23)8-11-22(21)28-18-6-4-3-5-7-18;1-6-4-3-5-7(6)2;1-2(3)4;;/h3-13H,14,24H2,1-2H3;6-7H,3-5H2,1-2H3;1H3,(H2,3,4);2*1H. The first-order valence-corrected chi connectivity index (χ1v) is 13.0. The predicted octanol–water partition coefficient (Wildman–Crippen LogP) is 7.19. The Balaban J connectivity index is 0.00000104. The number of nitrogen functional groups attached to an aromatic ring is 1. The summed E-state index contributed by atoms with van der Waals surface area (Å²) in [6, 6.07) is 18.4. The monoisotopic (exact) mass is 541 g/mol. The maximum absolute atomic E-state index is 14.0. The number of primary amides is 1. The van der Waals surface area contributed by atoms with Gasteiger partial charge in [0.15, 0.2) is 5.75 Å². The van der Waals surface area contributed by atoms with E-state index < -0.39 is 5.82 Å². The number of hydrogen-bond donors (Lipinski definition) is 2. The van der Waals surface area contributed by atoms with Crippen LogP contribution in [-0.2, 0) is 16.1 Å². The molecule has 8 heteroatoms. The van der Waals surface area contributed by atoms with Gasteiger partial charge in [-0.1, -0.05) is 51.3 Å². The fourth-order valence-electron chi connectivity index (χ4n) is 4.12. The number of ether oxygens (including phenoxy) is 2. The molecule has 1 saturated carbocycles. The Morgan fingerprint density at radius 1 is 0.974 bits per heavy atom. The van der Waals surface area contributed by atoms with Gasteiger partial charge in [-0.25, -0.2) is 4.39 Å². The van der Waals surface area contributed by atoms with Gasteiger partial charge in [0.05, 0.1) is 19.3 Å². The molecule has 2 atom stereocenters. The molecular weight excluding hydrogens is 497 g/mol. The molecule has 39 heavy (non-hydrogen) atoms. The van der Waals surface area contributed by atoms with Crippen LogP contribution in [0, 0.1) is 17.7 Å². The van der Waals surface area contributed by atoms with Crippen LogP contribution in [0.2, 0.25) is 0 Å². The normalized spacial score (nSPS) is 15.6. The summed E-state index contributed by atoms with van der Waals surface area (Å²) in [5, 5.41) is 0. The van der Waals surface area contributed by atoms with Gasteiger partial charge in [-0.3, -0.25) is 9.59 Å². The van der Waals surface area contributed by atoms with Crippen molar-refractivity contribution in [3.63, 3.8) is 0 Å². The maximum Gasteiger partial charge on any atom is 0.224 e. The van der Waals surface area contributed by atoms with Crippen molar-refractivity contribution in [2.75, 3.05) is 17.7 Å². The van der Waals surface area contributed by atoms with Crippen LogP contribution < -0.4 is 25.8 Å². The molecule has 0 aromatic heterocycles. The Bertz CT molecular complexity index is 1220. The third kappa shape index (κ3) is 10.3. The molecule has 214 valence electrons. The summed E-state index contributed by atoms with van der Waals surface area (Å²) < 4.78 is 25.1. The Morgan fingerprint density at radius 3 is 2.10 bits per heavy atom. The number of benzene rings is 3. The van der Waals surface area contributed by atoms with Crippen LogP contribution in [0.15, 0.2) is 66.7 Å². The second-order valence-electron chi connectivity index (χ2n) is 9.69. The largest absolute Gasteiger partial charge is 0.497 e. The fraction of sp³-hybridized carbons (Fsp3) is 0.355. The second kappa shape index (κ2) is 15.4. The zero-order valence-corrected chi connectivity index (χ0v) is 23.4. The van der Waals surface area contributed by atoms with E-state index in [1.165, 1.54) is 56.2 Å². The van der Waals surface area contributed by atoms with Crippen LogP contribution in [0.5, 0.6) is 17.2 Å². The van der Waals surface area contributed by atoms with Crippen molar-refractivity contribution in [2.45, 2.75) is 53.5 Å². The van der Waals surface area contributed by atoms with E-state index in [4.69, 9.17) is 15.2 Å². The lowest BCUT2D eigenvalue weighted by Gasteiger charge is -2.25. The molecule has 0 saturated heterocycles. The minimum Gasteiger partial charge on any atom is -0.497 e.